The van der Waals surface area contributed by atoms with Crippen LogP contribution >= 0.6 is 0 Å². The predicted molar refractivity (Wildman–Crippen MR) is 92.1 cm³/mol. The lowest BCUT2D eigenvalue weighted by molar-refractivity contribution is -0.124. The Balaban J connectivity index is 1.73. The van der Waals surface area contributed by atoms with Crippen LogP contribution in [0.15, 0.2) is 18.6 Å². The summed E-state index contributed by atoms with van der Waals surface area (Å²) in [6.45, 7) is 10.2. The molecule has 2 aromatic heterocycles. The minimum absolute atomic E-state index is 0.0188. The first-order valence-corrected chi connectivity index (χ1v) is 8.62. The molecule has 132 valence electrons. The number of amides is 1. The Morgan fingerprint density at radius 3 is 2.62 bits per heavy atom. The maximum atomic E-state index is 11.5. The molecule has 0 atom stereocenters. The van der Waals surface area contributed by atoms with Crippen molar-refractivity contribution < 1.29 is 4.79 Å². The highest BCUT2D eigenvalue weighted by Gasteiger charge is 2.08. The number of rotatable bonds is 9. The summed E-state index contributed by atoms with van der Waals surface area (Å²) in [5.74, 6) is 0.655. The van der Waals surface area contributed by atoms with Crippen LogP contribution in [0.1, 0.15) is 45.4 Å². The van der Waals surface area contributed by atoms with Crippen LogP contribution in [-0.4, -0.2) is 30.7 Å². The molecule has 1 amide bonds. The minimum Gasteiger partial charge on any atom is -0.350 e. The van der Waals surface area contributed by atoms with Gasteiger partial charge in [-0.1, -0.05) is 32.9 Å². The van der Waals surface area contributed by atoms with E-state index in [0.29, 0.717) is 12.5 Å². The van der Waals surface area contributed by atoms with Crippen LogP contribution in [0.3, 0.4) is 0 Å². The third-order valence-corrected chi connectivity index (χ3v) is 3.66. The van der Waals surface area contributed by atoms with E-state index in [1.807, 2.05) is 35.6 Å². The fourth-order valence-electron chi connectivity index (χ4n) is 2.41. The maximum absolute atomic E-state index is 11.5. The number of nitrogens with one attached hydrogen (secondary N) is 1. The molecule has 1 N–H and O–H groups in total. The lowest BCUT2D eigenvalue weighted by Gasteiger charge is -2.04. The monoisotopic (exact) mass is 332 g/mol. The van der Waals surface area contributed by atoms with Gasteiger partial charge >= 0.3 is 0 Å². The van der Waals surface area contributed by atoms with E-state index in [0.717, 1.165) is 31.6 Å². The van der Waals surface area contributed by atoms with Crippen molar-refractivity contribution in [1.82, 2.24) is 30.1 Å². The third-order valence-electron chi connectivity index (χ3n) is 3.66. The van der Waals surface area contributed by atoms with Gasteiger partial charge in [-0.3, -0.25) is 14.2 Å². The Kier molecular flexibility index (Phi) is 6.52. The second-order valence-electron chi connectivity index (χ2n) is 6.91. The normalized spacial score (nSPS) is 11.4. The Labute approximate surface area is 143 Å². The number of aromatic nitrogens is 5. The van der Waals surface area contributed by atoms with Gasteiger partial charge in [0.05, 0.1) is 18.9 Å². The van der Waals surface area contributed by atoms with Gasteiger partial charge in [0.1, 0.15) is 5.69 Å². The standard InChI is InChI=1S/C17H28N6O/c1-13(2)8-15-9-19-22(11-15)6-5-7-23-12-16(20-21-23)10-18-17(24)14(3)4/h9,11-14H,5-8,10H2,1-4H3,(H,18,24). The van der Waals surface area contributed by atoms with Crippen LogP contribution in [0, 0.1) is 11.8 Å². The van der Waals surface area contributed by atoms with Crippen LogP contribution in [0.25, 0.3) is 0 Å². The molecule has 0 saturated carbocycles. The van der Waals surface area contributed by atoms with Gasteiger partial charge in [-0.15, -0.1) is 5.10 Å². The molecule has 0 aliphatic carbocycles. The number of nitrogens with zero attached hydrogens (tertiary/aromatic N) is 5. The van der Waals surface area contributed by atoms with Gasteiger partial charge in [-0.25, -0.2) is 0 Å². The molecule has 0 saturated heterocycles. The van der Waals surface area contributed by atoms with E-state index in [1.165, 1.54) is 5.56 Å². The number of hydrogen-bond acceptors (Lipinski definition) is 4. The van der Waals surface area contributed by atoms with Gasteiger partial charge in [0, 0.05) is 25.2 Å². The first kappa shape index (κ1) is 18.2. The van der Waals surface area contributed by atoms with Gasteiger partial charge in [-0.2, -0.15) is 5.10 Å². The lowest BCUT2D eigenvalue weighted by atomic mass is 10.1. The van der Waals surface area contributed by atoms with Crippen molar-refractivity contribution in [1.29, 1.82) is 0 Å². The summed E-state index contributed by atoms with van der Waals surface area (Å²) in [5.41, 5.74) is 2.07. The Morgan fingerprint density at radius 2 is 1.92 bits per heavy atom. The van der Waals surface area contributed by atoms with E-state index < -0.39 is 0 Å². The molecule has 24 heavy (non-hydrogen) atoms. The number of hydrogen-bond donors (Lipinski definition) is 1. The second-order valence-corrected chi connectivity index (χ2v) is 6.91. The summed E-state index contributed by atoms with van der Waals surface area (Å²) in [6, 6.07) is 0. The summed E-state index contributed by atoms with van der Waals surface area (Å²) >= 11 is 0. The highest BCUT2D eigenvalue weighted by Crippen LogP contribution is 2.07. The average Bonchev–Trinajstić information content (AvgIpc) is 3.14. The molecule has 0 spiro atoms. The fraction of sp³-hybridized carbons (Fsp3) is 0.647. The molecule has 0 radical (unpaired) electrons. The highest BCUT2D eigenvalue weighted by atomic mass is 16.1. The number of carbonyl (C=O) groups is 1. The van der Waals surface area contributed by atoms with Crippen LogP contribution in [0.4, 0.5) is 0 Å². The van der Waals surface area contributed by atoms with Gasteiger partial charge < -0.3 is 5.32 Å². The van der Waals surface area contributed by atoms with Crippen molar-refractivity contribution in [2.24, 2.45) is 11.8 Å². The zero-order valence-corrected chi connectivity index (χ0v) is 15.1. The average molecular weight is 332 g/mol. The number of carbonyl (C=O) groups excluding carboxylic acids is 1. The molecule has 0 aliphatic rings. The lowest BCUT2D eigenvalue weighted by Crippen LogP contribution is -2.27. The van der Waals surface area contributed by atoms with E-state index in [-0.39, 0.29) is 11.8 Å². The van der Waals surface area contributed by atoms with E-state index in [2.05, 4.69) is 40.8 Å². The second kappa shape index (κ2) is 8.61. The van der Waals surface area contributed by atoms with Crippen LogP contribution in [0.5, 0.6) is 0 Å². The summed E-state index contributed by atoms with van der Waals surface area (Å²) < 4.78 is 3.80. The van der Waals surface area contributed by atoms with E-state index in [1.54, 1.807) is 0 Å². The molecule has 0 fully saturated rings. The molecular formula is C17H28N6O. The Morgan fingerprint density at radius 1 is 1.17 bits per heavy atom. The first-order chi connectivity index (χ1) is 11.4. The van der Waals surface area contributed by atoms with Crippen molar-refractivity contribution in [3.63, 3.8) is 0 Å². The van der Waals surface area contributed by atoms with E-state index in [4.69, 9.17) is 0 Å². The summed E-state index contributed by atoms with van der Waals surface area (Å²) in [4.78, 5) is 11.5. The Hall–Kier alpha value is -2.18. The minimum atomic E-state index is -0.0188. The molecule has 2 rings (SSSR count). The highest BCUT2D eigenvalue weighted by molar-refractivity contribution is 5.77. The summed E-state index contributed by atoms with van der Waals surface area (Å²) in [5, 5.41) is 15.4. The van der Waals surface area contributed by atoms with Crippen molar-refractivity contribution in [3.8, 4) is 0 Å². The fourth-order valence-corrected chi connectivity index (χ4v) is 2.41. The van der Waals surface area contributed by atoms with Crippen molar-refractivity contribution >= 4 is 5.91 Å². The molecule has 7 heteroatoms. The summed E-state index contributed by atoms with van der Waals surface area (Å²) in [6.07, 6.45) is 7.95. The van der Waals surface area contributed by atoms with E-state index >= 15 is 0 Å². The molecule has 7 nitrogen and oxygen atoms in total. The topological polar surface area (TPSA) is 77.6 Å². The molecule has 2 aromatic rings. The largest absolute Gasteiger partial charge is 0.350 e. The SMILES string of the molecule is CC(C)Cc1cnn(CCCn2cc(CNC(=O)C(C)C)nn2)c1. The molecule has 2 heterocycles. The molecule has 0 unspecified atom stereocenters. The predicted octanol–water partition coefficient (Wildman–Crippen LogP) is 2.04. The maximum Gasteiger partial charge on any atom is 0.222 e. The third kappa shape index (κ3) is 5.79. The molecular weight excluding hydrogens is 304 g/mol. The molecule has 0 aromatic carbocycles. The van der Waals surface area contributed by atoms with Crippen molar-refractivity contribution in [2.75, 3.05) is 0 Å². The molecule has 0 aliphatic heterocycles. The van der Waals surface area contributed by atoms with Gasteiger partial charge in [0.25, 0.3) is 0 Å². The van der Waals surface area contributed by atoms with E-state index in [9.17, 15) is 4.79 Å². The first-order valence-electron chi connectivity index (χ1n) is 8.62. The van der Waals surface area contributed by atoms with Gasteiger partial charge in [0.2, 0.25) is 5.91 Å². The summed E-state index contributed by atoms with van der Waals surface area (Å²) in [7, 11) is 0. The number of aryl methyl sites for hydroxylation is 2. The van der Waals surface area contributed by atoms with Crippen LogP contribution in [-0.2, 0) is 30.8 Å². The van der Waals surface area contributed by atoms with Gasteiger partial charge in [-0.05, 0) is 24.3 Å². The van der Waals surface area contributed by atoms with Crippen LogP contribution < -0.4 is 5.32 Å². The smallest absolute Gasteiger partial charge is 0.222 e. The quantitative estimate of drug-likeness (QED) is 0.762. The van der Waals surface area contributed by atoms with Gasteiger partial charge in [0.15, 0.2) is 0 Å². The van der Waals surface area contributed by atoms with Crippen molar-refractivity contribution in [2.45, 2.75) is 60.2 Å². The van der Waals surface area contributed by atoms with Crippen molar-refractivity contribution in [3.05, 3.63) is 29.8 Å². The molecule has 0 bridgehead atoms. The zero-order chi connectivity index (χ0) is 17.5. The Bertz CT molecular complexity index is 643. The zero-order valence-electron chi connectivity index (χ0n) is 15.1. The van der Waals surface area contributed by atoms with Crippen LogP contribution in [0.2, 0.25) is 0 Å².